The second-order valence-electron chi connectivity index (χ2n) is 6.95. The molecule has 2 amide bonds. The van der Waals surface area contributed by atoms with Crippen molar-refractivity contribution in [3.63, 3.8) is 0 Å². The third-order valence-electron chi connectivity index (χ3n) is 4.82. The molecule has 4 rings (SSSR count). The molecule has 162 valence electrons. The van der Waals surface area contributed by atoms with Crippen molar-refractivity contribution in [1.29, 1.82) is 0 Å². The molecule has 0 saturated heterocycles. The van der Waals surface area contributed by atoms with Gasteiger partial charge in [-0.2, -0.15) is 0 Å². The van der Waals surface area contributed by atoms with Crippen LogP contribution in [0.15, 0.2) is 73.1 Å². The zero-order chi connectivity index (χ0) is 22.3. The summed E-state index contributed by atoms with van der Waals surface area (Å²) in [7, 11) is 3.18. The Morgan fingerprint density at radius 1 is 0.844 bits per heavy atom. The van der Waals surface area contributed by atoms with Crippen molar-refractivity contribution in [2.75, 3.05) is 30.2 Å². The molecule has 0 bridgehead atoms. The summed E-state index contributed by atoms with van der Waals surface area (Å²) in [6.07, 6.45) is 1.50. The smallest absolute Gasteiger partial charge is 0.323 e. The first-order valence-corrected chi connectivity index (χ1v) is 9.99. The number of benzene rings is 3. The maximum atomic E-state index is 12.3. The molecule has 0 fully saturated rings. The summed E-state index contributed by atoms with van der Waals surface area (Å²) in [5.41, 5.74) is 3.14. The largest absolute Gasteiger partial charge is 0.493 e. The number of anilines is 3. The molecule has 0 aliphatic heterocycles. The second-order valence-corrected chi connectivity index (χ2v) is 6.95. The van der Waals surface area contributed by atoms with Gasteiger partial charge in [0.25, 0.3) is 0 Å². The van der Waals surface area contributed by atoms with Gasteiger partial charge >= 0.3 is 6.03 Å². The van der Waals surface area contributed by atoms with Gasteiger partial charge < -0.3 is 25.4 Å². The Kier molecular flexibility index (Phi) is 6.31. The molecular formula is C24H23N5O3. The molecule has 0 unspecified atom stereocenters. The molecular weight excluding hydrogens is 406 g/mol. The number of ether oxygens (including phenoxy) is 2. The van der Waals surface area contributed by atoms with Crippen LogP contribution in [-0.2, 0) is 6.54 Å². The molecule has 8 heteroatoms. The number of amides is 2. The van der Waals surface area contributed by atoms with Gasteiger partial charge in [0.2, 0.25) is 0 Å². The van der Waals surface area contributed by atoms with Crippen LogP contribution in [0.5, 0.6) is 11.5 Å². The van der Waals surface area contributed by atoms with Crippen molar-refractivity contribution in [1.82, 2.24) is 9.97 Å². The van der Waals surface area contributed by atoms with E-state index >= 15 is 0 Å². The van der Waals surface area contributed by atoms with Crippen LogP contribution in [0.2, 0.25) is 0 Å². The predicted octanol–water partition coefficient (Wildman–Crippen LogP) is 4.90. The van der Waals surface area contributed by atoms with E-state index in [0.29, 0.717) is 29.5 Å². The molecule has 4 aromatic rings. The summed E-state index contributed by atoms with van der Waals surface area (Å²) >= 11 is 0. The highest BCUT2D eigenvalue weighted by atomic mass is 16.5. The molecule has 3 aromatic carbocycles. The lowest BCUT2D eigenvalue weighted by Crippen LogP contribution is -2.19. The average molecular weight is 429 g/mol. The number of carbonyl (C=O) groups excluding carboxylic acids is 1. The molecule has 32 heavy (non-hydrogen) atoms. The molecule has 0 saturated carbocycles. The van der Waals surface area contributed by atoms with Gasteiger partial charge in [-0.25, -0.2) is 14.8 Å². The van der Waals surface area contributed by atoms with Crippen molar-refractivity contribution < 1.29 is 14.3 Å². The van der Waals surface area contributed by atoms with Crippen molar-refractivity contribution in [3.05, 3.63) is 78.6 Å². The number of hydrogen-bond donors (Lipinski definition) is 3. The van der Waals surface area contributed by atoms with Crippen LogP contribution in [0.1, 0.15) is 5.56 Å². The number of nitrogens with one attached hydrogen (secondary N) is 3. The molecule has 0 spiro atoms. The Morgan fingerprint density at radius 3 is 2.34 bits per heavy atom. The fourth-order valence-electron chi connectivity index (χ4n) is 3.28. The topological polar surface area (TPSA) is 97.4 Å². The monoisotopic (exact) mass is 429 g/mol. The third-order valence-corrected chi connectivity index (χ3v) is 4.82. The number of hydrogen-bond acceptors (Lipinski definition) is 6. The Hall–Kier alpha value is -4.33. The molecule has 0 aliphatic carbocycles. The van der Waals surface area contributed by atoms with E-state index in [0.717, 1.165) is 22.2 Å². The van der Waals surface area contributed by atoms with Gasteiger partial charge in [0.05, 0.1) is 19.7 Å². The van der Waals surface area contributed by atoms with Gasteiger partial charge in [-0.05, 0) is 35.9 Å². The van der Waals surface area contributed by atoms with Crippen molar-refractivity contribution in [2.24, 2.45) is 0 Å². The number of urea groups is 1. The van der Waals surface area contributed by atoms with Gasteiger partial charge in [-0.15, -0.1) is 0 Å². The summed E-state index contributed by atoms with van der Waals surface area (Å²) in [6.45, 7) is 0.510. The SMILES string of the molecule is COc1cc2ncnc(NCc3cccc(NC(=O)Nc4ccccc4)c3)c2cc1OC. The number of para-hydroxylation sites is 1. The lowest BCUT2D eigenvalue weighted by Gasteiger charge is -2.13. The van der Waals surface area contributed by atoms with E-state index in [1.54, 1.807) is 14.2 Å². The first-order valence-electron chi connectivity index (χ1n) is 9.99. The van der Waals surface area contributed by atoms with Gasteiger partial charge in [-0.3, -0.25) is 0 Å². The van der Waals surface area contributed by atoms with E-state index in [-0.39, 0.29) is 6.03 Å². The summed E-state index contributed by atoms with van der Waals surface area (Å²) in [5.74, 6) is 1.89. The first-order chi connectivity index (χ1) is 15.7. The van der Waals surface area contributed by atoms with E-state index in [2.05, 4.69) is 25.9 Å². The minimum atomic E-state index is -0.302. The van der Waals surface area contributed by atoms with E-state index in [4.69, 9.17) is 9.47 Å². The number of fused-ring (bicyclic) bond motifs is 1. The normalized spacial score (nSPS) is 10.4. The molecule has 0 radical (unpaired) electrons. The van der Waals surface area contributed by atoms with Crippen LogP contribution < -0.4 is 25.4 Å². The molecule has 8 nitrogen and oxygen atoms in total. The van der Waals surface area contributed by atoms with Crippen LogP contribution in [0.25, 0.3) is 10.9 Å². The molecule has 0 aliphatic rings. The summed E-state index contributed by atoms with van der Waals surface area (Å²) in [5, 5.41) is 9.81. The highest BCUT2D eigenvalue weighted by molar-refractivity contribution is 5.99. The fourth-order valence-corrected chi connectivity index (χ4v) is 3.28. The lowest BCUT2D eigenvalue weighted by atomic mass is 10.1. The predicted molar refractivity (Wildman–Crippen MR) is 125 cm³/mol. The van der Waals surface area contributed by atoms with Gasteiger partial charge in [0.1, 0.15) is 12.1 Å². The lowest BCUT2D eigenvalue weighted by molar-refractivity contribution is 0.262. The Balaban J connectivity index is 1.46. The number of aromatic nitrogens is 2. The van der Waals surface area contributed by atoms with Crippen molar-refractivity contribution in [2.45, 2.75) is 6.54 Å². The van der Waals surface area contributed by atoms with E-state index in [1.807, 2.05) is 66.7 Å². The van der Waals surface area contributed by atoms with Crippen LogP contribution >= 0.6 is 0 Å². The highest BCUT2D eigenvalue weighted by Crippen LogP contribution is 2.33. The second kappa shape index (κ2) is 9.65. The Labute approximate surface area is 185 Å². The Morgan fingerprint density at radius 2 is 1.56 bits per heavy atom. The molecule has 3 N–H and O–H groups in total. The average Bonchev–Trinajstić information content (AvgIpc) is 2.82. The highest BCUT2D eigenvalue weighted by Gasteiger charge is 2.11. The minimum absolute atomic E-state index is 0.302. The number of methoxy groups -OCH3 is 2. The Bertz CT molecular complexity index is 1230. The molecule has 1 aromatic heterocycles. The maximum Gasteiger partial charge on any atom is 0.323 e. The standard InChI is InChI=1S/C24H23N5O3/c1-31-21-12-19-20(13-22(21)32-2)26-15-27-23(19)25-14-16-7-6-10-18(11-16)29-24(30)28-17-8-4-3-5-9-17/h3-13,15H,14H2,1-2H3,(H,25,26,27)(H2,28,29,30). The summed E-state index contributed by atoms with van der Waals surface area (Å²) in [4.78, 5) is 20.9. The maximum absolute atomic E-state index is 12.3. The quantitative estimate of drug-likeness (QED) is 0.386. The number of nitrogens with zero attached hydrogens (tertiary/aromatic N) is 2. The first kappa shape index (κ1) is 20.9. The van der Waals surface area contributed by atoms with Gasteiger partial charge in [-0.1, -0.05) is 30.3 Å². The third kappa shape index (κ3) is 4.86. The van der Waals surface area contributed by atoms with E-state index < -0.39 is 0 Å². The van der Waals surface area contributed by atoms with Crippen LogP contribution in [0, 0.1) is 0 Å². The van der Waals surface area contributed by atoms with Crippen LogP contribution in [0.4, 0.5) is 22.0 Å². The van der Waals surface area contributed by atoms with E-state index in [9.17, 15) is 4.79 Å². The van der Waals surface area contributed by atoms with Crippen molar-refractivity contribution in [3.8, 4) is 11.5 Å². The zero-order valence-corrected chi connectivity index (χ0v) is 17.8. The van der Waals surface area contributed by atoms with E-state index in [1.165, 1.54) is 6.33 Å². The van der Waals surface area contributed by atoms with Gasteiger partial charge in [0.15, 0.2) is 11.5 Å². The van der Waals surface area contributed by atoms with Crippen molar-refractivity contribution >= 4 is 34.1 Å². The molecule has 1 heterocycles. The zero-order valence-electron chi connectivity index (χ0n) is 17.8. The number of carbonyl (C=O) groups is 1. The summed E-state index contributed by atoms with van der Waals surface area (Å²) in [6, 6.07) is 20.3. The van der Waals surface area contributed by atoms with Gasteiger partial charge in [0, 0.05) is 29.4 Å². The molecule has 0 atom stereocenters. The summed E-state index contributed by atoms with van der Waals surface area (Å²) < 4.78 is 10.8. The fraction of sp³-hybridized carbons (Fsp3) is 0.125. The van der Waals surface area contributed by atoms with Crippen LogP contribution in [0.3, 0.4) is 0 Å². The van der Waals surface area contributed by atoms with Crippen LogP contribution in [-0.4, -0.2) is 30.2 Å². The minimum Gasteiger partial charge on any atom is -0.493 e. The number of rotatable bonds is 7.